The minimum absolute atomic E-state index is 0.0268. The molecule has 0 aliphatic heterocycles. The Morgan fingerprint density at radius 2 is 2.24 bits per heavy atom. The van der Waals surface area contributed by atoms with Crippen molar-refractivity contribution < 1.29 is 19.7 Å². The normalized spacial score (nSPS) is 10.6. The predicted octanol–water partition coefficient (Wildman–Crippen LogP) is 2.67. The fourth-order valence-electron chi connectivity index (χ4n) is 1.28. The largest absolute Gasteiger partial charge is 0.504 e. The van der Waals surface area contributed by atoms with Gasteiger partial charge in [0, 0.05) is 11.6 Å². The molecular formula is C13H16O4. The highest BCUT2D eigenvalue weighted by molar-refractivity contribution is 5.86. The van der Waals surface area contributed by atoms with Gasteiger partial charge in [0.25, 0.3) is 0 Å². The Hall–Kier alpha value is -1.97. The first-order chi connectivity index (χ1) is 8.15. The minimum atomic E-state index is -1.05. The summed E-state index contributed by atoms with van der Waals surface area (Å²) in [6.45, 7) is 2.59. The third kappa shape index (κ3) is 4.18. The topological polar surface area (TPSA) is 66.8 Å². The van der Waals surface area contributed by atoms with Crippen molar-refractivity contribution in [1.82, 2.24) is 0 Å². The maximum Gasteiger partial charge on any atom is 0.328 e. The van der Waals surface area contributed by atoms with Crippen molar-refractivity contribution in [3.8, 4) is 11.5 Å². The van der Waals surface area contributed by atoms with E-state index in [-0.39, 0.29) is 5.75 Å². The van der Waals surface area contributed by atoms with E-state index in [9.17, 15) is 9.90 Å². The number of hydrogen-bond acceptors (Lipinski definition) is 3. The maximum absolute atomic E-state index is 10.4. The first-order valence-corrected chi connectivity index (χ1v) is 5.51. The van der Waals surface area contributed by atoms with E-state index in [0.29, 0.717) is 17.9 Å². The van der Waals surface area contributed by atoms with Crippen LogP contribution in [0.2, 0.25) is 0 Å². The van der Waals surface area contributed by atoms with Gasteiger partial charge in [0.2, 0.25) is 0 Å². The standard InChI is InChI=1S/C13H16O4/c1-2-3-9-17-11-6-4-5-10(13(11)16)7-8-12(14)15/h4-8,16H,2-3,9H2,1H3,(H,14,15). The quantitative estimate of drug-likeness (QED) is 0.588. The molecule has 4 nitrogen and oxygen atoms in total. The summed E-state index contributed by atoms with van der Waals surface area (Å²) in [6, 6.07) is 4.99. The van der Waals surface area contributed by atoms with Gasteiger partial charge in [-0.15, -0.1) is 0 Å². The molecule has 0 saturated heterocycles. The number of aliphatic carboxylic acids is 1. The summed E-state index contributed by atoms with van der Waals surface area (Å²) in [5.74, 6) is -0.700. The van der Waals surface area contributed by atoms with Gasteiger partial charge in [-0.1, -0.05) is 25.5 Å². The van der Waals surface area contributed by atoms with Crippen molar-refractivity contribution in [2.45, 2.75) is 19.8 Å². The van der Waals surface area contributed by atoms with E-state index >= 15 is 0 Å². The monoisotopic (exact) mass is 236 g/mol. The third-order valence-electron chi connectivity index (χ3n) is 2.19. The van der Waals surface area contributed by atoms with Crippen molar-refractivity contribution in [2.24, 2.45) is 0 Å². The van der Waals surface area contributed by atoms with Gasteiger partial charge < -0.3 is 14.9 Å². The number of hydrogen-bond donors (Lipinski definition) is 2. The number of para-hydroxylation sites is 1. The van der Waals surface area contributed by atoms with Crippen molar-refractivity contribution >= 4 is 12.0 Å². The summed E-state index contributed by atoms with van der Waals surface area (Å²) in [4.78, 5) is 10.4. The molecule has 0 radical (unpaired) electrons. The maximum atomic E-state index is 10.4. The van der Waals surface area contributed by atoms with Crippen molar-refractivity contribution in [3.63, 3.8) is 0 Å². The van der Waals surface area contributed by atoms with Crippen LogP contribution in [0.3, 0.4) is 0 Å². The molecule has 92 valence electrons. The van der Waals surface area contributed by atoms with Crippen LogP contribution >= 0.6 is 0 Å². The lowest BCUT2D eigenvalue weighted by atomic mass is 10.1. The van der Waals surface area contributed by atoms with E-state index in [1.165, 1.54) is 6.08 Å². The van der Waals surface area contributed by atoms with E-state index in [1.54, 1.807) is 18.2 Å². The molecule has 1 aromatic rings. The highest BCUT2D eigenvalue weighted by Gasteiger charge is 2.05. The number of aromatic hydroxyl groups is 1. The molecule has 0 aliphatic carbocycles. The Bertz CT molecular complexity index is 410. The van der Waals surface area contributed by atoms with Crippen LogP contribution in [0.1, 0.15) is 25.3 Å². The Balaban J connectivity index is 2.80. The molecule has 0 aliphatic rings. The number of ether oxygens (including phenoxy) is 1. The smallest absolute Gasteiger partial charge is 0.328 e. The summed E-state index contributed by atoms with van der Waals surface area (Å²) < 4.78 is 5.39. The molecule has 17 heavy (non-hydrogen) atoms. The lowest BCUT2D eigenvalue weighted by molar-refractivity contribution is -0.131. The molecule has 0 atom stereocenters. The van der Waals surface area contributed by atoms with Gasteiger partial charge in [-0.2, -0.15) is 0 Å². The second kappa shape index (κ2) is 6.58. The zero-order valence-electron chi connectivity index (χ0n) is 9.72. The molecule has 0 heterocycles. The molecule has 4 heteroatoms. The number of unbranched alkanes of at least 4 members (excludes halogenated alkanes) is 1. The average Bonchev–Trinajstić information content (AvgIpc) is 2.30. The lowest BCUT2D eigenvalue weighted by Crippen LogP contribution is -1.97. The van der Waals surface area contributed by atoms with Gasteiger partial charge in [-0.3, -0.25) is 0 Å². The van der Waals surface area contributed by atoms with E-state index in [2.05, 4.69) is 6.92 Å². The highest BCUT2D eigenvalue weighted by atomic mass is 16.5. The molecule has 0 spiro atoms. The van der Waals surface area contributed by atoms with Gasteiger partial charge in [-0.05, 0) is 18.6 Å². The average molecular weight is 236 g/mol. The molecule has 0 aromatic heterocycles. The molecule has 0 saturated carbocycles. The fraction of sp³-hybridized carbons (Fsp3) is 0.308. The number of carboxylic acids is 1. The van der Waals surface area contributed by atoms with Crippen LogP contribution in [0.25, 0.3) is 6.08 Å². The number of benzene rings is 1. The Kier molecular flexibility index (Phi) is 5.07. The predicted molar refractivity (Wildman–Crippen MR) is 65.2 cm³/mol. The molecular weight excluding hydrogens is 220 g/mol. The first kappa shape index (κ1) is 13.1. The second-order valence-corrected chi connectivity index (χ2v) is 3.57. The van der Waals surface area contributed by atoms with Gasteiger partial charge in [0.05, 0.1) is 6.61 Å². The summed E-state index contributed by atoms with van der Waals surface area (Å²) in [5, 5.41) is 18.3. The number of phenolic OH excluding ortho intramolecular Hbond substituents is 1. The van der Waals surface area contributed by atoms with Crippen LogP contribution in [0.15, 0.2) is 24.3 Å². The number of rotatable bonds is 6. The van der Waals surface area contributed by atoms with E-state index in [4.69, 9.17) is 9.84 Å². The summed E-state index contributed by atoms with van der Waals surface area (Å²) in [5.41, 5.74) is 0.432. The lowest BCUT2D eigenvalue weighted by Gasteiger charge is -2.08. The molecule has 1 rings (SSSR count). The molecule has 0 amide bonds. The van der Waals surface area contributed by atoms with E-state index in [0.717, 1.165) is 18.9 Å². The molecule has 2 N–H and O–H groups in total. The van der Waals surface area contributed by atoms with Crippen LogP contribution < -0.4 is 4.74 Å². The second-order valence-electron chi connectivity index (χ2n) is 3.57. The van der Waals surface area contributed by atoms with Crippen molar-refractivity contribution in [2.75, 3.05) is 6.61 Å². The van der Waals surface area contributed by atoms with Crippen LogP contribution in [-0.4, -0.2) is 22.8 Å². The number of phenols is 1. The van der Waals surface area contributed by atoms with Crippen LogP contribution in [-0.2, 0) is 4.79 Å². The van der Waals surface area contributed by atoms with Crippen molar-refractivity contribution in [3.05, 3.63) is 29.8 Å². The zero-order valence-corrected chi connectivity index (χ0v) is 9.72. The van der Waals surface area contributed by atoms with Gasteiger partial charge in [0.15, 0.2) is 11.5 Å². The number of carbonyl (C=O) groups is 1. The van der Waals surface area contributed by atoms with Crippen molar-refractivity contribution in [1.29, 1.82) is 0 Å². The minimum Gasteiger partial charge on any atom is -0.504 e. The highest BCUT2D eigenvalue weighted by Crippen LogP contribution is 2.30. The molecule has 0 fully saturated rings. The molecule has 1 aromatic carbocycles. The Morgan fingerprint density at radius 3 is 2.88 bits per heavy atom. The first-order valence-electron chi connectivity index (χ1n) is 5.51. The number of carboxylic acid groups (broad SMARTS) is 1. The van der Waals surface area contributed by atoms with Gasteiger partial charge >= 0.3 is 5.97 Å². The van der Waals surface area contributed by atoms with Crippen LogP contribution in [0, 0.1) is 0 Å². The van der Waals surface area contributed by atoms with Crippen LogP contribution in [0.4, 0.5) is 0 Å². The van der Waals surface area contributed by atoms with Gasteiger partial charge in [-0.25, -0.2) is 4.79 Å². The zero-order chi connectivity index (χ0) is 12.7. The van der Waals surface area contributed by atoms with Gasteiger partial charge in [0.1, 0.15) is 0 Å². The van der Waals surface area contributed by atoms with E-state index in [1.807, 2.05) is 0 Å². The summed E-state index contributed by atoms with van der Waals surface area (Å²) in [6.07, 6.45) is 4.24. The van der Waals surface area contributed by atoms with Crippen LogP contribution in [0.5, 0.6) is 11.5 Å². The Labute approximate surface area is 100 Å². The summed E-state index contributed by atoms with van der Waals surface area (Å²) >= 11 is 0. The fourth-order valence-corrected chi connectivity index (χ4v) is 1.28. The Morgan fingerprint density at radius 1 is 1.47 bits per heavy atom. The third-order valence-corrected chi connectivity index (χ3v) is 2.19. The molecule has 0 unspecified atom stereocenters. The summed E-state index contributed by atoms with van der Waals surface area (Å²) in [7, 11) is 0. The SMILES string of the molecule is CCCCOc1cccc(C=CC(=O)O)c1O. The molecule has 0 bridgehead atoms. The van der Waals surface area contributed by atoms with E-state index < -0.39 is 5.97 Å².